The molecule has 1 aromatic carbocycles. The van der Waals surface area contributed by atoms with Crippen LogP contribution in [0.2, 0.25) is 0 Å². The fourth-order valence-corrected chi connectivity index (χ4v) is 2.24. The molecule has 1 aliphatic rings. The van der Waals surface area contributed by atoms with E-state index in [-0.39, 0.29) is 11.4 Å². The highest BCUT2D eigenvalue weighted by atomic mass is 19.1. The van der Waals surface area contributed by atoms with Crippen LogP contribution < -0.4 is 10.9 Å². The van der Waals surface area contributed by atoms with Gasteiger partial charge in [0.1, 0.15) is 5.82 Å². The van der Waals surface area contributed by atoms with Gasteiger partial charge in [0.2, 0.25) is 0 Å². The van der Waals surface area contributed by atoms with E-state index in [1.165, 1.54) is 23.5 Å². The maximum absolute atomic E-state index is 13.7. The Kier molecular flexibility index (Phi) is 2.67. The van der Waals surface area contributed by atoms with Crippen LogP contribution in [0.3, 0.4) is 0 Å². The molecule has 94 valence electrons. The van der Waals surface area contributed by atoms with Crippen LogP contribution in [0.4, 0.5) is 4.39 Å². The minimum atomic E-state index is -0.353. The van der Waals surface area contributed by atoms with Crippen molar-refractivity contribution in [1.29, 1.82) is 0 Å². The molecule has 18 heavy (non-hydrogen) atoms. The van der Waals surface area contributed by atoms with Crippen molar-refractivity contribution in [2.24, 2.45) is 7.05 Å². The highest BCUT2D eigenvalue weighted by Crippen LogP contribution is 2.20. The molecule has 1 saturated carbocycles. The molecular formula is C14H15FN2O. The Morgan fingerprint density at radius 2 is 2.22 bits per heavy atom. The summed E-state index contributed by atoms with van der Waals surface area (Å²) in [6.07, 6.45) is 2.37. The summed E-state index contributed by atoms with van der Waals surface area (Å²) in [5.41, 5.74) is 0.945. The molecule has 0 atom stereocenters. The van der Waals surface area contributed by atoms with Crippen LogP contribution in [-0.4, -0.2) is 10.6 Å². The van der Waals surface area contributed by atoms with E-state index in [0.717, 1.165) is 5.39 Å². The van der Waals surface area contributed by atoms with Crippen LogP contribution in [0, 0.1) is 5.82 Å². The van der Waals surface area contributed by atoms with Gasteiger partial charge in [0.25, 0.3) is 5.56 Å². The summed E-state index contributed by atoms with van der Waals surface area (Å²) in [5.74, 6) is -0.353. The Labute approximate surface area is 104 Å². The third-order valence-electron chi connectivity index (χ3n) is 3.42. The number of benzene rings is 1. The fraction of sp³-hybridized carbons (Fsp3) is 0.357. The molecule has 0 radical (unpaired) electrons. The van der Waals surface area contributed by atoms with Crippen LogP contribution in [0.15, 0.2) is 29.1 Å². The number of aromatic nitrogens is 1. The number of rotatable bonds is 3. The largest absolute Gasteiger partial charge is 0.310 e. The first-order valence-electron chi connectivity index (χ1n) is 6.17. The normalized spacial score (nSPS) is 15.2. The summed E-state index contributed by atoms with van der Waals surface area (Å²) >= 11 is 0. The first-order valence-corrected chi connectivity index (χ1v) is 6.17. The summed E-state index contributed by atoms with van der Waals surface area (Å²) in [6.45, 7) is 0.559. The van der Waals surface area contributed by atoms with Crippen molar-refractivity contribution in [1.82, 2.24) is 9.88 Å². The average molecular weight is 246 g/mol. The Bertz CT molecular complexity index is 659. The molecule has 0 unspecified atom stereocenters. The summed E-state index contributed by atoms with van der Waals surface area (Å²) in [4.78, 5) is 12.1. The smallest absolute Gasteiger partial charge is 0.255 e. The number of hydrogen-bond acceptors (Lipinski definition) is 2. The van der Waals surface area contributed by atoms with Crippen molar-refractivity contribution >= 4 is 10.9 Å². The lowest BCUT2D eigenvalue weighted by molar-refractivity contribution is 0.626. The molecular weight excluding hydrogens is 231 g/mol. The first-order chi connectivity index (χ1) is 8.66. The molecule has 1 N–H and O–H groups in total. The summed E-state index contributed by atoms with van der Waals surface area (Å²) in [5, 5.41) is 4.08. The molecule has 0 saturated heterocycles. The predicted molar refractivity (Wildman–Crippen MR) is 69.0 cm³/mol. The minimum absolute atomic E-state index is 0.124. The van der Waals surface area contributed by atoms with Crippen LogP contribution in [0.1, 0.15) is 18.4 Å². The van der Waals surface area contributed by atoms with Crippen LogP contribution >= 0.6 is 0 Å². The molecule has 2 aromatic rings. The van der Waals surface area contributed by atoms with E-state index in [0.29, 0.717) is 23.7 Å². The number of nitrogens with one attached hydrogen (secondary N) is 1. The number of hydrogen-bond donors (Lipinski definition) is 1. The van der Waals surface area contributed by atoms with Gasteiger partial charge in [0.05, 0.1) is 5.52 Å². The van der Waals surface area contributed by atoms with Gasteiger partial charge in [-0.1, -0.05) is 12.1 Å². The van der Waals surface area contributed by atoms with E-state index >= 15 is 0 Å². The minimum Gasteiger partial charge on any atom is -0.310 e. The van der Waals surface area contributed by atoms with Crippen LogP contribution in [-0.2, 0) is 13.6 Å². The van der Waals surface area contributed by atoms with Crippen molar-refractivity contribution in [3.8, 4) is 0 Å². The third-order valence-corrected chi connectivity index (χ3v) is 3.42. The molecule has 1 aromatic heterocycles. The quantitative estimate of drug-likeness (QED) is 0.898. The predicted octanol–water partition coefficient (Wildman–Crippen LogP) is 1.93. The van der Waals surface area contributed by atoms with E-state index in [1.54, 1.807) is 19.2 Å². The summed E-state index contributed by atoms with van der Waals surface area (Å²) < 4.78 is 15.1. The molecule has 0 aliphatic heterocycles. The Hall–Kier alpha value is -1.68. The number of pyridine rings is 1. The summed E-state index contributed by atoms with van der Waals surface area (Å²) in [7, 11) is 1.62. The van der Waals surface area contributed by atoms with E-state index in [2.05, 4.69) is 5.32 Å². The van der Waals surface area contributed by atoms with E-state index in [9.17, 15) is 9.18 Å². The van der Waals surface area contributed by atoms with Gasteiger partial charge in [-0.2, -0.15) is 0 Å². The van der Waals surface area contributed by atoms with Gasteiger partial charge < -0.3 is 9.88 Å². The molecule has 3 nitrogen and oxygen atoms in total. The zero-order chi connectivity index (χ0) is 12.7. The number of nitrogens with zero attached hydrogens (tertiary/aromatic N) is 1. The van der Waals surface area contributed by atoms with Crippen molar-refractivity contribution in [3.05, 3.63) is 46.0 Å². The monoisotopic (exact) mass is 246 g/mol. The van der Waals surface area contributed by atoms with Crippen molar-refractivity contribution in [2.75, 3.05) is 0 Å². The highest BCUT2D eigenvalue weighted by molar-refractivity contribution is 5.80. The van der Waals surface area contributed by atoms with Crippen molar-refractivity contribution < 1.29 is 4.39 Å². The van der Waals surface area contributed by atoms with E-state index < -0.39 is 0 Å². The molecule has 4 heteroatoms. The molecule has 3 rings (SSSR count). The van der Waals surface area contributed by atoms with Gasteiger partial charge >= 0.3 is 0 Å². The zero-order valence-electron chi connectivity index (χ0n) is 10.2. The Morgan fingerprint density at radius 3 is 2.94 bits per heavy atom. The number of halogens is 1. The third kappa shape index (κ3) is 1.93. The lowest BCUT2D eigenvalue weighted by atomic mass is 10.1. The zero-order valence-corrected chi connectivity index (χ0v) is 10.2. The Morgan fingerprint density at radius 1 is 1.44 bits per heavy atom. The maximum atomic E-state index is 13.7. The van der Waals surface area contributed by atoms with Crippen LogP contribution in [0.5, 0.6) is 0 Å². The lowest BCUT2D eigenvalue weighted by Gasteiger charge is -2.10. The van der Waals surface area contributed by atoms with Gasteiger partial charge in [-0.25, -0.2) is 4.39 Å². The van der Waals surface area contributed by atoms with E-state index in [4.69, 9.17) is 0 Å². The molecule has 1 fully saturated rings. The average Bonchev–Trinajstić information content (AvgIpc) is 3.16. The highest BCUT2D eigenvalue weighted by Gasteiger charge is 2.21. The second kappa shape index (κ2) is 4.21. The second-order valence-electron chi connectivity index (χ2n) is 4.87. The number of para-hydroxylation sites is 1. The standard InChI is InChI=1S/C14H15FN2O/c1-17-13-9(3-2-4-12(13)15)7-10(14(17)18)8-16-11-5-6-11/h2-4,7,11,16H,5-6,8H2,1H3. The topological polar surface area (TPSA) is 34.0 Å². The SMILES string of the molecule is Cn1c(=O)c(CNC2CC2)cc2cccc(F)c21. The van der Waals surface area contributed by atoms with Gasteiger partial charge in [-0.05, 0) is 25.0 Å². The number of aryl methyl sites for hydroxylation is 1. The fourth-order valence-electron chi connectivity index (χ4n) is 2.24. The summed E-state index contributed by atoms with van der Waals surface area (Å²) in [6, 6.07) is 7.22. The lowest BCUT2D eigenvalue weighted by Crippen LogP contribution is -2.27. The van der Waals surface area contributed by atoms with Gasteiger partial charge in [-0.3, -0.25) is 4.79 Å². The first kappa shape index (κ1) is 11.4. The molecule has 0 bridgehead atoms. The van der Waals surface area contributed by atoms with Crippen molar-refractivity contribution in [2.45, 2.75) is 25.4 Å². The molecule has 1 heterocycles. The number of fused-ring (bicyclic) bond motifs is 1. The second-order valence-corrected chi connectivity index (χ2v) is 4.87. The molecule has 0 spiro atoms. The molecule has 1 aliphatic carbocycles. The maximum Gasteiger partial charge on any atom is 0.255 e. The van der Waals surface area contributed by atoms with Crippen molar-refractivity contribution in [3.63, 3.8) is 0 Å². The van der Waals surface area contributed by atoms with Gasteiger partial charge in [0.15, 0.2) is 0 Å². The van der Waals surface area contributed by atoms with E-state index in [1.807, 2.05) is 6.07 Å². The van der Waals surface area contributed by atoms with Crippen LogP contribution in [0.25, 0.3) is 10.9 Å². The van der Waals surface area contributed by atoms with Gasteiger partial charge in [-0.15, -0.1) is 0 Å². The Balaban J connectivity index is 2.10. The molecule has 0 amide bonds. The van der Waals surface area contributed by atoms with Gasteiger partial charge in [0, 0.05) is 30.6 Å².